The SMILES string of the molecule is O=C(C=Cc1cn(-c2ccccc2)nc1-c1ccc(Cl)cc1)OCc1ccccc1. The highest BCUT2D eigenvalue weighted by molar-refractivity contribution is 6.30. The van der Waals surface area contributed by atoms with Crippen molar-refractivity contribution in [3.8, 4) is 16.9 Å². The van der Waals surface area contributed by atoms with Crippen LogP contribution in [0.4, 0.5) is 0 Å². The summed E-state index contributed by atoms with van der Waals surface area (Å²) in [5.41, 5.74) is 4.34. The Kier molecular flexibility index (Phi) is 6.06. The molecule has 0 aliphatic rings. The maximum absolute atomic E-state index is 12.2. The number of hydrogen-bond acceptors (Lipinski definition) is 3. The van der Waals surface area contributed by atoms with Crippen LogP contribution in [0.15, 0.2) is 97.2 Å². The minimum absolute atomic E-state index is 0.233. The number of halogens is 1. The Hall–Kier alpha value is -3.63. The third-order valence-corrected chi connectivity index (χ3v) is 4.76. The maximum atomic E-state index is 12.2. The molecule has 0 bridgehead atoms. The van der Waals surface area contributed by atoms with Gasteiger partial charge < -0.3 is 4.74 Å². The summed E-state index contributed by atoms with van der Waals surface area (Å²) in [4.78, 5) is 12.2. The number of nitrogens with zero attached hydrogens (tertiary/aromatic N) is 2. The van der Waals surface area contributed by atoms with Crippen molar-refractivity contribution in [2.24, 2.45) is 0 Å². The minimum atomic E-state index is -0.409. The average Bonchev–Trinajstić information content (AvgIpc) is 3.22. The summed E-state index contributed by atoms with van der Waals surface area (Å²) in [7, 11) is 0. The first-order chi connectivity index (χ1) is 14.7. The van der Waals surface area contributed by atoms with Crippen LogP contribution < -0.4 is 0 Å². The molecule has 30 heavy (non-hydrogen) atoms. The first-order valence-corrected chi connectivity index (χ1v) is 9.86. The molecule has 4 aromatic rings. The molecule has 0 aliphatic heterocycles. The molecule has 0 N–H and O–H groups in total. The van der Waals surface area contributed by atoms with E-state index >= 15 is 0 Å². The lowest BCUT2D eigenvalue weighted by Gasteiger charge is -2.02. The van der Waals surface area contributed by atoms with Gasteiger partial charge in [-0.05, 0) is 35.9 Å². The van der Waals surface area contributed by atoms with Gasteiger partial charge in [0.05, 0.1) is 11.4 Å². The van der Waals surface area contributed by atoms with Crippen LogP contribution in [0.2, 0.25) is 5.02 Å². The highest BCUT2D eigenvalue weighted by Gasteiger charge is 2.11. The van der Waals surface area contributed by atoms with Crippen molar-refractivity contribution in [2.75, 3.05) is 0 Å². The van der Waals surface area contributed by atoms with Crippen molar-refractivity contribution in [2.45, 2.75) is 6.61 Å². The maximum Gasteiger partial charge on any atom is 0.331 e. The molecule has 0 saturated heterocycles. The summed E-state index contributed by atoms with van der Waals surface area (Å²) in [6, 6.07) is 26.8. The van der Waals surface area contributed by atoms with Gasteiger partial charge in [0.15, 0.2) is 0 Å². The Labute approximate surface area is 180 Å². The van der Waals surface area contributed by atoms with Crippen molar-refractivity contribution in [1.82, 2.24) is 9.78 Å². The zero-order valence-corrected chi connectivity index (χ0v) is 16.9. The van der Waals surface area contributed by atoms with Crippen molar-refractivity contribution in [3.05, 3.63) is 113 Å². The van der Waals surface area contributed by atoms with Crippen LogP contribution in [-0.2, 0) is 16.1 Å². The number of carbonyl (C=O) groups excluding carboxylic acids is 1. The van der Waals surface area contributed by atoms with Crippen LogP contribution in [0.5, 0.6) is 0 Å². The van der Waals surface area contributed by atoms with E-state index in [-0.39, 0.29) is 6.61 Å². The first kappa shape index (κ1) is 19.7. The summed E-state index contributed by atoms with van der Waals surface area (Å²) in [5.74, 6) is -0.409. The standard InChI is InChI=1S/C25H19ClN2O2/c26-22-14-11-20(12-15-22)25-21(17-28(27-25)23-9-5-2-6-10-23)13-16-24(29)30-18-19-7-3-1-4-8-19/h1-17H,18H2. The second-order valence-corrected chi connectivity index (χ2v) is 7.08. The third-order valence-electron chi connectivity index (χ3n) is 4.50. The number of carbonyl (C=O) groups is 1. The van der Waals surface area contributed by atoms with Crippen LogP contribution in [-0.4, -0.2) is 15.7 Å². The fourth-order valence-corrected chi connectivity index (χ4v) is 3.11. The van der Waals surface area contributed by atoms with E-state index in [0.717, 1.165) is 28.1 Å². The molecular formula is C25H19ClN2O2. The average molecular weight is 415 g/mol. The molecule has 0 saturated carbocycles. The number of esters is 1. The van der Waals surface area contributed by atoms with Crippen LogP contribution in [0, 0.1) is 0 Å². The molecule has 0 aliphatic carbocycles. The van der Waals surface area contributed by atoms with Crippen molar-refractivity contribution < 1.29 is 9.53 Å². The van der Waals surface area contributed by atoms with Crippen LogP contribution >= 0.6 is 11.6 Å². The molecule has 0 spiro atoms. The predicted molar refractivity (Wildman–Crippen MR) is 119 cm³/mol. The van der Waals surface area contributed by atoms with E-state index in [0.29, 0.717) is 5.02 Å². The van der Waals surface area contributed by atoms with Gasteiger partial charge in [0.2, 0.25) is 0 Å². The van der Waals surface area contributed by atoms with Crippen LogP contribution in [0.25, 0.3) is 23.0 Å². The third kappa shape index (κ3) is 4.85. The molecule has 5 heteroatoms. The van der Waals surface area contributed by atoms with Gasteiger partial charge in [0.1, 0.15) is 6.61 Å². The number of para-hydroxylation sites is 1. The van der Waals surface area contributed by atoms with E-state index in [9.17, 15) is 4.79 Å². The summed E-state index contributed by atoms with van der Waals surface area (Å²) >= 11 is 6.03. The van der Waals surface area contributed by atoms with Crippen molar-refractivity contribution >= 4 is 23.6 Å². The molecule has 0 fully saturated rings. The molecule has 0 amide bonds. The predicted octanol–water partition coefficient (Wildman–Crippen LogP) is 5.95. The van der Waals surface area contributed by atoms with Crippen LogP contribution in [0.1, 0.15) is 11.1 Å². The monoisotopic (exact) mass is 414 g/mol. The number of hydrogen-bond donors (Lipinski definition) is 0. The second kappa shape index (κ2) is 9.25. The molecule has 4 rings (SSSR count). The van der Waals surface area contributed by atoms with Crippen molar-refractivity contribution in [3.63, 3.8) is 0 Å². The number of ether oxygens (including phenoxy) is 1. The largest absolute Gasteiger partial charge is 0.458 e. The summed E-state index contributed by atoms with van der Waals surface area (Å²) in [6.45, 7) is 0.233. The molecule has 0 atom stereocenters. The smallest absolute Gasteiger partial charge is 0.331 e. The summed E-state index contributed by atoms with van der Waals surface area (Å²) in [6.07, 6.45) is 5.04. The van der Waals surface area contributed by atoms with E-state index < -0.39 is 5.97 Å². The lowest BCUT2D eigenvalue weighted by Crippen LogP contribution is -2.00. The van der Waals surface area contributed by atoms with Gasteiger partial charge >= 0.3 is 5.97 Å². The van der Waals surface area contributed by atoms with Crippen molar-refractivity contribution in [1.29, 1.82) is 0 Å². The lowest BCUT2D eigenvalue weighted by atomic mass is 10.1. The van der Waals surface area contributed by atoms with Gasteiger partial charge in [-0.25, -0.2) is 9.48 Å². The molecule has 0 radical (unpaired) electrons. The number of rotatable bonds is 6. The van der Waals surface area contributed by atoms with E-state index in [4.69, 9.17) is 21.4 Å². The molecular weight excluding hydrogens is 396 g/mol. The Balaban J connectivity index is 1.59. The highest BCUT2D eigenvalue weighted by Crippen LogP contribution is 2.26. The summed E-state index contributed by atoms with van der Waals surface area (Å²) in [5, 5.41) is 5.38. The van der Waals surface area contributed by atoms with Gasteiger partial charge in [0, 0.05) is 28.4 Å². The molecule has 0 unspecified atom stereocenters. The highest BCUT2D eigenvalue weighted by atomic mass is 35.5. The zero-order chi connectivity index (χ0) is 20.8. The molecule has 4 nitrogen and oxygen atoms in total. The van der Waals surface area contributed by atoms with E-state index in [1.54, 1.807) is 10.8 Å². The molecule has 1 heterocycles. The molecule has 148 valence electrons. The minimum Gasteiger partial charge on any atom is -0.458 e. The first-order valence-electron chi connectivity index (χ1n) is 9.49. The van der Waals surface area contributed by atoms with E-state index in [2.05, 4.69) is 0 Å². The quantitative estimate of drug-likeness (QED) is 0.289. The van der Waals surface area contributed by atoms with Gasteiger partial charge in [-0.3, -0.25) is 0 Å². The number of benzene rings is 3. The fraction of sp³-hybridized carbons (Fsp3) is 0.0400. The topological polar surface area (TPSA) is 44.1 Å². The molecule has 3 aromatic carbocycles. The Morgan fingerprint density at radius 2 is 1.60 bits per heavy atom. The van der Waals surface area contributed by atoms with E-state index in [1.807, 2.05) is 91.1 Å². The summed E-state index contributed by atoms with van der Waals surface area (Å²) < 4.78 is 7.12. The van der Waals surface area contributed by atoms with Gasteiger partial charge in [-0.2, -0.15) is 5.10 Å². The Bertz CT molecular complexity index is 1150. The van der Waals surface area contributed by atoms with E-state index in [1.165, 1.54) is 6.08 Å². The van der Waals surface area contributed by atoms with Gasteiger partial charge in [0.25, 0.3) is 0 Å². The zero-order valence-electron chi connectivity index (χ0n) is 16.1. The fourth-order valence-electron chi connectivity index (χ4n) is 2.99. The lowest BCUT2D eigenvalue weighted by molar-refractivity contribution is -0.138. The van der Waals surface area contributed by atoms with Crippen LogP contribution in [0.3, 0.4) is 0 Å². The normalized spacial score (nSPS) is 11.0. The van der Waals surface area contributed by atoms with Gasteiger partial charge in [-0.1, -0.05) is 72.3 Å². The molecule has 1 aromatic heterocycles. The Morgan fingerprint density at radius 3 is 2.30 bits per heavy atom. The van der Waals surface area contributed by atoms with Gasteiger partial charge in [-0.15, -0.1) is 0 Å². The Morgan fingerprint density at radius 1 is 0.933 bits per heavy atom. The number of aromatic nitrogens is 2. The second-order valence-electron chi connectivity index (χ2n) is 6.65.